The van der Waals surface area contributed by atoms with Crippen LogP contribution in [-0.4, -0.2) is 21.3 Å². The van der Waals surface area contributed by atoms with Crippen LogP contribution in [0.15, 0.2) is 34.2 Å². The lowest BCUT2D eigenvalue weighted by Gasteiger charge is -2.14. The molecule has 0 saturated carbocycles. The highest BCUT2D eigenvalue weighted by molar-refractivity contribution is 6.02. The van der Waals surface area contributed by atoms with Crippen molar-refractivity contribution >= 4 is 22.5 Å². The van der Waals surface area contributed by atoms with Crippen molar-refractivity contribution < 1.29 is 9.90 Å². The number of fused-ring (bicyclic) bond motifs is 1. The number of nitrogens with zero attached hydrogens (tertiary/aromatic N) is 2. The summed E-state index contributed by atoms with van der Waals surface area (Å²) in [5, 5.41) is 14.9. The van der Waals surface area contributed by atoms with Gasteiger partial charge in [0, 0.05) is 17.6 Å². The van der Waals surface area contributed by atoms with E-state index in [1.807, 2.05) is 13.0 Å². The third-order valence-corrected chi connectivity index (χ3v) is 4.22. The summed E-state index contributed by atoms with van der Waals surface area (Å²) in [6.45, 7) is 6.29. The quantitative estimate of drug-likeness (QED) is 0.459. The average Bonchev–Trinajstić information content (AvgIpc) is 2.62. The Morgan fingerprint density at radius 1 is 1.24 bits per heavy atom. The first-order valence-electron chi connectivity index (χ1n) is 8.69. The fourth-order valence-electron chi connectivity index (χ4n) is 2.62. The van der Waals surface area contributed by atoms with Gasteiger partial charge < -0.3 is 9.67 Å². The number of para-hydroxylation sites is 1. The molecule has 2 N–H and O–H groups in total. The minimum Gasteiger partial charge on any atom is -0.506 e. The van der Waals surface area contributed by atoms with Gasteiger partial charge in [-0.3, -0.25) is 9.59 Å². The zero-order valence-corrected chi connectivity index (χ0v) is 15.0. The number of carbonyl (C=O) groups is 1. The first-order valence-corrected chi connectivity index (χ1v) is 8.69. The number of aryl methyl sites for hydroxylation is 1. The lowest BCUT2D eigenvalue weighted by Crippen LogP contribution is -2.32. The van der Waals surface area contributed by atoms with E-state index < -0.39 is 11.5 Å². The predicted molar refractivity (Wildman–Crippen MR) is 100 cm³/mol. The van der Waals surface area contributed by atoms with Gasteiger partial charge in [-0.2, -0.15) is 5.10 Å². The number of unbranched alkanes of at least 4 members (excludes halogenated alkanes) is 2. The summed E-state index contributed by atoms with van der Waals surface area (Å²) in [6.07, 6.45) is 3.54. The molecular formula is C19H25N3O3. The van der Waals surface area contributed by atoms with Crippen LogP contribution in [0, 0.1) is 0 Å². The van der Waals surface area contributed by atoms with E-state index in [-0.39, 0.29) is 11.3 Å². The maximum Gasteiger partial charge on any atom is 0.280 e. The highest BCUT2D eigenvalue weighted by atomic mass is 16.3. The van der Waals surface area contributed by atoms with Crippen LogP contribution in [0.2, 0.25) is 0 Å². The number of aromatic nitrogens is 1. The van der Waals surface area contributed by atoms with E-state index in [9.17, 15) is 14.7 Å². The van der Waals surface area contributed by atoms with Crippen LogP contribution in [0.5, 0.6) is 5.75 Å². The Hall–Kier alpha value is -2.63. The van der Waals surface area contributed by atoms with E-state index in [1.54, 1.807) is 29.7 Å². The molecule has 0 bridgehead atoms. The molecule has 0 fully saturated rings. The third-order valence-electron chi connectivity index (χ3n) is 4.22. The monoisotopic (exact) mass is 343 g/mol. The lowest BCUT2D eigenvalue weighted by molar-refractivity contribution is 0.0950. The minimum absolute atomic E-state index is 0.261. The van der Waals surface area contributed by atoms with E-state index in [0.29, 0.717) is 23.9 Å². The van der Waals surface area contributed by atoms with Crippen molar-refractivity contribution in [2.75, 3.05) is 0 Å². The molecule has 1 aromatic heterocycles. The van der Waals surface area contributed by atoms with E-state index in [0.717, 1.165) is 25.0 Å². The fourth-order valence-corrected chi connectivity index (χ4v) is 2.62. The van der Waals surface area contributed by atoms with E-state index >= 15 is 0 Å². The van der Waals surface area contributed by atoms with E-state index in [4.69, 9.17) is 0 Å². The second-order valence-corrected chi connectivity index (χ2v) is 6.05. The Morgan fingerprint density at radius 3 is 2.64 bits per heavy atom. The molecule has 1 amide bonds. The molecule has 1 aromatic carbocycles. The molecule has 2 rings (SSSR count). The highest BCUT2D eigenvalue weighted by Gasteiger charge is 2.21. The summed E-state index contributed by atoms with van der Waals surface area (Å²) < 4.78 is 1.57. The molecule has 0 radical (unpaired) electrons. The Morgan fingerprint density at radius 2 is 1.96 bits per heavy atom. The number of aromatic hydroxyl groups is 1. The fraction of sp³-hybridized carbons (Fsp3) is 0.421. The number of nitrogens with one attached hydrogen (secondary N) is 1. The zero-order valence-electron chi connectivity index (χ0n) is 15.0. The van der Waals surface area contributed by atoms with Crippen LogP contribution < -0.4 is 11.0 Å². The number of benzene rings is 1. The van der Waals surface area contributed by atoms with Crippen molar-refractivity contribution in [3.05, 3.63) is 40.2 Å². The number of amides is 1. The molecule has 0 aliphatic heterocycles. The number of carbonyl (C=O) groups excluding carboxylic acids is 1. The van der Waals surface area contributed by atoms with Gasteiger partial charge in [0.05, 0.1) is 5.52 Å². The van der Waals surface area contributed by atoms with Gasteiger partial charge in [0.1, 0.15) is 11.3 Å². The van der Waals surface area contributed by atoms with Crippen LogP contribution in [0.4, 0.5) is 0 Å². The van der Waals surface area contributed by atoms with Crippen LogP contribution >= 0.6 is 0 Å². The molecule has 134 valence electrons. The molecule has 6 nitrogen and oxygen atoms in total. The Kier molecular flexibility index (Phi) is 6.33. The van der Waals surface area contributed by atoms with E-state index in [1.165, 1.54) is 0 Å². The topological polar surface area (TPSA) is 83.7 Å². The summed E-state index contributed by atoms with van der Waals surface area (Å²) in [6, 6.07) is 7.07. The normalized spacial score (nSPS) is 11.7. The molecule has 2 aromatic rings. The third kappa shape index (κ3) is 4.07. The van der Waals surface area contributed by atoms with Crippen LogP contribution in [-0.2, 0) is 6.54 Å². The average molecular weight is 343 g/mol. The van der Waals surface area contributed by atoms with Crippen molar-refractivity contribution in [1.29, 1.82) is 0 Å². The van der Waals surface area contributed by atoms with Crippen molar-refractivity contribution in [2.24, 2.45) is 5.10 Å². The molecule has 25 heavy (non-hydrogen) atoms. The molecule has 1 heterocycles. The first-order chi connectivity index (χ1) is 12.0. The molecule has 0 spiro atoms. The number of hydrazone groups is 1. The summed E-state index contributed by atoms with van der Waals surface area (Å²) >= 11 is 0. The molecular weight excluding hydrogens is 318 g/mol. The van der Waals surface area contributed by atoms with Gasteiger partial charge in [-0.1, -0.05) is 38.8 Å². The van der Waals surface area contributed by atoms with Gasteiger partial charge >= 0.3 is 0 Å². The number of rotatable bonds is 7. The van der Waals surface area contributed by atoms with Crippen molar-refractivity contribution in [2.45, 2.75) is 53.0 Å². The second kappa shape index (κ2) is 8.46. The standard InChI is InChI=1S/C19H25N3O3/c1-4-6-9-12-22-15-11-8-7-10-14(15)17(23)16(19(22)25)18(24)21-20-13(3)5-2/h7-8,10-11,23H,4-6,9,12H2,1-3H3,(H,21,24)/b20-13-. The zero-order chi connectivity index (χ0) is 18.4. The second-order valence-electron chi connectivity index (χ2n) is 6.05. The Labute approximate surface area is 147 Å². The number of pyridine rings is 1. The Balaban J connectivity index is 2.56. The SMILES string of the molecule is CCCCCn1c(=O)c(C(=O)N/N=C(/C)CC)c(O)c2ccccc21. The number of hydrogen-bond donors (Lipinski definition) is 2. The van der Waals surface area contributed by atoms with Crippen molar-refractivity contribution in [3.63, 3.8) is 0 Å². The van der Waals surface area contributed by atoms with Gasteiger partial charge in [-0.25, -0.2) is 5.43 Å². The van der Waals surface area contributed by atoms with Gasteiger partial charge in [0.15, 0.2) is 0 Å². The largest absolute Gasteiger partial charge is 0.506 e. The number of hydrogen-bond acceptors (Lipinski definition) is 4. The Bertz CT molecular complexity index is 853. The smallest absolute Gasteiger partial charge is 0.280 e. The highest BCUT2D eigenvalue weighted by Crippen LogP contribution is 2.26. The van der Waals surface area contributed by atoms with E-state index in [2.05, 4.69) is 17.5 Å². The summed E-state index contributed by atoms with van der Waals surface area (Å²) in [7, 11) is 0. The molecule has 0 atom stereocenters. The summed E-state index contributed by atoms with van der Waals surface area (Å²) in [4.78, 5) is 25.3. The maximum atomic E-state index is 12.8. The molecule has 0 aliphatic carbocycles. The van der Waals surface area contributed by atoms with Crippen molar-refractivity contribution in [3.8, 4) is 5.75 Å². The van der Waals surface area contributed by atoms with Crippen LogP contribution in [0.1, 0.15) is 56.8 Å². The minimum atomic E-state index is -0.690. The van der Waals surface area contributed by atoms with Gasteiger partial charge in [0.25, 0.3) is 11.5 Å². The van der Waals surface area contributed by atoms with Crippen molar-refractivity contribution in [1.82, 2.24) is 9.99 Å². The first kappa shape index (κ1) is 18.7. The van der Waals surface area contributed by atoms with Gasteiger partial charge in [-0.05, 0) is 31.9 Å². The molecule has 6 heteroatoms. The predicted octanol–water partition coefficient (Wildman–Crippen LogP) is 3.41. The molecule has 0 saturated heterocycles. The summed E-state index contributed by atoms with van der Waals surface area (Å²) in [5.41, 5.74) is 2.98. The summed E-state index contributed by atoms with van der Waals surface area (Å²) in [5.74, 6) is -0.987. The van der Waals surface area contributed by atoms with Gasteiger partial charge in [0.2, 0.25) is 0 Å². The van der Waals surface area contributed by atoms with Crippen LogP contribution in [0.3, 0.4) is 0 Å². The van der Waals surface area contributed by atoms with Crippen LogP contribution in [0.25, 0.3) is 10.9 Å². The van der Waals surface area contributed by atoms with Gasteiger partial charge in [-0.15, -0.1) is 0 Å². The maximum absolute atomic E-state index is 12.8. The molecule has 0 aliphatic rings. The molecule has 0 unspecified atom stereocenters. The lowest BCUT2D eigenvalue weighted by atomic mass is 10.1.